The number of carbonyl (C=O) groups excluding carboxylic acids is 2. The van der Waals surface area contributed by atoms with E-state index in [-0.39, 0.29) is 12.4 Å². The number of ether oxygens (including phenoxy) is 2. The summed E-state index contributed by atoms with van der Waals surface area (Å²) in [4.78, 5) is 25.1. The molecule has 0 fully saturated rings. The summed E-state index contributed by atoms with van der Waals surface area (Å²) in [6.07, 6.45) is -1.03. The van der Waals surface area contributed by atoms with E-state index < -0.39 is 12.1 Å². The lowest BCUT2D eigenvalue weighted by molar-refractivity contribution is -0.149. The summed E-state index contributed by atoms with van der Waals surface area (Å²) >= 11 is 5.82. The van der Waals surface area contributed by atoms with E-state index in [0.29, 0.717) is 21.9 Å². The van der Waals surface area contributed by atoms with Crippen LogP contribution >= 0.6 is 11.6 Å². The molecule has 1 atom stereocenters. The normalized spacial score (nSPS) is 11.4. The highest BCUT2D eigenvalue weighted by Gasteiger charge is 2.26. The molecule has 0 aromatic heterocycles. The van der Waals surface area contributed by atoms with Gasteiger partial charge >= 0.3 is 5.97 Å². The van der Waals surface area contributed by atoms with E-state index in [4.69, 9.17) is 21.1 Å². The maximum Gasteiger partial charge on any atom is 0.345 e. The average Bonchev–Trinajstić information content (AvgIpc) is 2.72. The molecular formula is C22H17ClO4. The second-order valence-corrected chi connectivity index (χ2v) is 6.19. The highest BCUT2D eigenvalue weighted by molar-refractivity contribution is 6.30. The number of esters is 1. The summed E-state index contributed by atoms with van der Waals surface area (Å²) in [7, 11) is 0. The van der Waals surface area contributed by atoms with E-state index in [2.05, 4.69) is 0 Å². The quantitative estimate of drug-likeness (QED) is 0.432. The highest BCUT2D eigenvalue weighted by atomic mass is 35.5. The van der Waals surface area contributed by atoms with Crippen LogP contribution in [0.3, 0.4) is 0 Å². The lowest BCUT2D eigenvalue weighted by atomic mass is 10.00. The Bertz CT molecular complexity index is 893. The Kier molecular flexibility index (Phi) is 6.23. The van der Waals surface area contributed by atoms with Crippen LogP contribution in [0.1, 0.15) is 22.0 Å². The SMILES string of the molecule is O=C(COc1ccc(Cl)cc1)OC(C(=O)c1ccccc1)c1ccccc1. The van der Waals surface area contributed by atoms with Crippen LogP contribution < -0.4 is 4.74 Å². The Balaban J connectivity index is 1.72. The van der Waals surface area contributed by atoms with Crippen molar-refractivity contribution in [3.63, 3.8) is 0 Å². The molecule has 3 rings (SSSR count). The van der Waals surface area contributed by atoms with Crippen molar-refractivity contribution in [2.24, 2.45) is 0 Å². The van der Waals surface area contributed by atoms with Gasteiger partial charge in [0, 0.05) is 16.1 Å². The lowest BCUT2D eigenvalue weighted by Gasteiger charge is -2.17. The van der Waals surface area contributed by atoms with Gasteiger partial charge in [0.2, 0.25) is 5.78 Å². The molecule has 3 aromatic rings. The Labute approximate surface area is 162 Å². The number of hydrogen-bond donors (Lipinski definition) is 0. The first-order valence-corrected chi connectivity index (χ1v) is 8.73. The standard InChI is InChI=1S/C22H17ClO4/c23-18-11-13-19(14-12-18)26-15-20(24)27-22(17-9-5-2-6-10-17)21(25)16-7-3-1-4-8-16/h1-14,22H,15H2. The number of hydrogen-bond acceptors (Lipinski definition) is 4. The van der Waals surface area contributed by atoms with Gasteiger partial charge < -0.3 is 9.47 Å². The summed E-state index contributed by atoms with van der Waals surface area (Å²) in [5.41, 5.74) is 1.07. The lowest BCUT2D eigenvalue weighted by Crippen LogP contribution is -2.23. The Hall–Kier alpha value is -3.11. The molecule has 3 aromatic carbocycles. The number of Topliss-reactive ketones (excluding diaryl/α,β-unsaturated/α-hetero) is 1. The maximum absolute atomic E-state index is 12.9. The molecule has 0 bridgehead atoms. The number of rotatable bonds is 7. The van der Waals surface area contributed by atoms with Crippen LogP contribution in [0.2, 0.25) is 5.02 Å². The molecular weight excluding hydrogens is 364 g/mol. The van der Waals surface area contributed by atoms with Crippen LogP contribution in [0.4, 0.5) is 0 Å². The molecule has 0 radical (unpaired) electrons. The molecule has 1 unspecified atom stereocenters. The summed E-state index contributed by atoms with van der Waals surface area (Å²) in [6, 6.07) is 24.3. The molecule has 4 nitrogen and oxygen atoms in total. The smallest absolute Gasteiger partial charge is 0.345 e. The predicted molar refractivity (Wildman–Crippen MR) is 103 cm³/mol. The highest BCUT2D eigenvalue weighted by Crippen LogP contribution is 2.23. The van der Waals surface area contributed by atoms with Gasteiger partial charge in [-0.3, -0.25) is 4.79 Å². The molecule has 0 saturated heterocycles. The fourth-order valence-electron chi connectivity index (χ4n) is 2.49. The van der Waals surface area contributed by atoms with Crippen LogP contribution in [-0.2, 0) is 9.53 Å². The summed E-state index contributed by atoms with van der Waals surface area (Å²) in [6.45, 7) is -0.312. The fraction of sp³-hybridized carbons (Fsp3) is 0.0909. The Morgan fingerprint density at radius 1 is 0.815 bits per heavy atom. The van der Waals surface area contributed by atoms with Gasteiger partial charge in [0.15, 0.2) is 12.7 Å². The predicted octanol–water partition coefficient (Wildman–Crippen LogP) is 4.89. The van der Waals surface area contributed by atoms with Crippen LogP contribution in [0.5, 0.6) is 5.75 Å². The Morgan fingerprint density at radius 2 is 1.41 bits per heavy atom. The first kappa shape index (κ1) is 18.7. The minimum absolute atomic E-state index is 0.290. The first-order valence-electron chi connectivity index (χ1n) is 8.35. The zero-order valence-electron chi connectivity index (χ0n) is 14.4. The van der Waals surface area contributed by atoms with Crippen molar-refractivity contribution in [1.29, 1.82) is 0 Å². The minimum Gasteiger partial charge on any atom is -0.482 e. The van der Waals surface area contributed by atoms with Gasteiger partial charge in [0.1, 0.15) is 5.75 Å². The topological polar surface area (TPSA) is 52.6 Å². The number of carbonyl (C=O) groups is 2. The van der Waals surface area contributed by atoms with Crippen molar-refractivity contribution in [1.82, 2.24) is 0 Å². The van der Waals surface area contributed by atoms with Gasteiger partial charge in [-0.15, -0.1) is 0 Å². The van der Waals surface area contributed by atoms with E-state index >= 15 is 0 Å². The second kappa shape index (κ2) is 9.01. The molecule has 27 heavy (non-hydrogen) atoms. The van der Waals surface area contributed by atoms with Gasteiger partial charge in [-0.05, 0) is 24.3 Å². The first-order chi connectivity index (χ1) is 13.1. The van der Waals surface area contributed by atoms with Gasteiger partial charge in [-0.1, -0.05) is 72.3 Å². The van der Waals surface area contributed by atoms with Crippen molar-refractivity contribution < 1.29 is 19.1 Å². The van der Waals surface area contributed by atoms with Crippen molar-refractivity contribution >= 4 is 23.4 Å². The van der Waals surface area contributed by atoms with Crippen LogP contribution in [0.15, 0.2) is 84.9 Å². The molecule has 0 heterocycles. The molecule has 0 N–H and O–H groups in total. The molecule has 0 aliphatic rings. The third-order valence-corrected chi connectivity index (χ3v) is 4.07. The van der Waals surface area contributed by atoms with E-state index in [1.165, 1.54) is 0 Å². The van der Waals surface area contributed by atoms with Gasteiger partial charge in [-0.2, -0.15) is 0 Å². The van der Waals surface area contributed by atoms with Crippen LogP contribution in [0.25, 0.3) is 0 Å². The van der Waals surface area contributed by atoms with Crippen molar-refractivity contribution in [3.05, 3.63) is 101 Å². The van der Waals surface area contributed by atoms with E-state index in [0.717, 1.165) is 0 Å². The average molecular weight is 381 g/mol. The van der Waals surface area contributed by atoms with Gasteiger partial charge in [-0.25, -0.2) is 4.79 Å². The molecule has 0 saturated carbocycles. The second-order valence-electron chi connectivity index (χ2n) is 5.75. The van der Waals surface area contributed by atoms with Crippen LogP contribution in [-0.4, -0.2) is 18.4 Å². The van der Waals surface area contributed by atoms with Crippen molar-refractivity contribution in [2.45, 2.75) is 6.10 Å². The zero-order chi connectivity index (χ0) is 19.1. The van der Waals surface area contributed by atoms with Gasteiger partial charge in [0.25, 0.3) is 0 Å². The van der Waals surface area contributed by atoms with E-state index in [9.17, 15) is 9.59 Å². The molecule has 136 valence electrons. The van der Waals surface area contributed by atoms with Crippen molar-refractivity contribution in [3.8, 4) is 5.75 Å². The fourth-order valence-corrected chi connectivity index (χ4v) is 2.62. The van der Waals surface area contributed by atoms with Crippen LogP contribution in [0, 0.1) is 0 Å². The third-order valence-electron chi connectivity index (χ3n) is 3.82. The van der Waals surface area contributed by atoms with Gasteiger partial charge in [0.05, 0.1) is 0 Å². The van der Waals surface area contributed by atoms with E-state index in [1.807, 2.05) is 12.1 Å². The van der Waals surface area contributed by atoms with Crippen molar-refractivity contribution in [2.75, 3.05) is 6.61 Å². The third kappa shape index (κ3) is 5.19. The molecule has 0 spiro atoms. The van der Waals surface area contributed by atoms with E-state index in [1.54, 1.807) is 72.8 Å². The Morgan fingerprint density at radius 3 is 2.04 bits per heavy atom. The molecule has 0 aliphatic carbocycles. The molecule has 5 heteroatoms. The zero-order valence-corrected chi connectivity index (χ0v) is 15.1. The number of ketones is 1. The monoisotopic (exact) mass is 380 g/mol. The molecule has 0 aliphatic heterocycles. The summed E-state index contributed by atoms with van der Waals surface area (Å²) < 4.78 is 10.9. The summed E-state index contributed by atoms with van der Waals surface area (Å²) in [5, 5.41) is 0.572. The number of benzene rings is 3. The maximum atomic E-state index is 12.9. The summed E-state index contributed by atoms with van der Waals surface area (Å²) in [5.74, 6) is -0.438. The minimum atomic E-state index is -1.03. The number of halogens is 1. The molecule has 0 amide bonds. The largest absolute Gasteiger partial charge is 0.482 e.